The van der Waals surface area contributed by atoms with E-state index in [0.717, 1.165) is 43.1 Å². The van der Waals surface area contributed by atoms with Crippen LogP contribution in [0.5, 0.6) is 0 Å². The van der Waals surface area contributed by atoms with Gasteiger partial charge in [-0.1, -0.05) is 18.7 Å². The summed E-state index contributed by atoms with van der Waals surface area (Å²) in [4.78, 5) is 40.7. The van der Waals surface area contributed by atoms with E-state index >= 15 is 0 Å². The summed E-state index contributed by atoms with van der Waals surface area (Å²) < 4.78 is 0. The molecular weight excluding hydrogens is 506 g/mol. The van der Waals surface area contributed by atoms with E-state index in [0.29, 0.717) is 34.8 Å². The quantitative estimate of drug-likeness (QED) is 0.250. The maximum absolute atomic E-state index is 12.4. The average Bonchev–Trinajstić information content (AvgIpc) is 2.93. The lowest BCUT2D eigenvalue weighted by Crippen LogP contribution is -2.50. The molecule has 1 saturated heterocycles. The molecule has 4 N–H and O–H groups in total. The lowest BCUT2D eigenvalue weighted by atomic mass is 10.0. The van der Waals surface area contributed by atoms with Gasteiger partial charge in [0.1, 0.15) is 5.52 Å². The lowest BCUT2D eigenvalue weighted by Gasteiger charge is -2.38. The summed E-state index contributed by atoms with van der Waals surface area (Å²) in [7, 11) is 0. The second-order valence-electron chi connectivity index (χ2n) is 10.5. The Morgan fingerprint density at radius 3 is 2.55 bits per heavy atom. The van der Waals surface area contributed by atoms with Crippen molar-refractivity contribution in [2.24, 2.45) is 0 Å². The predicted molar refractivity (Wildman–Crippen MR) is 159 cm³/mol. The second kappa shape index (κ2) is 11.3. The number of nitrogens with zero attached hydrogens (tertiary/aromatic N) is 4. The van der Waals surface area contributed by atoms with Crippen LogP contribution in [0.15, 0.2) is 78.2 Å². The summed E-state index contributed by atoms with van der Waals surface area (Å²) in [5.74, 6) is 0.0747. The zero-order valence-corrected chi connectivity index (χ0v) is 22.6. The number of H-pyrrole nitrogens is 1. The minimum absolute atomic E-state index is 0.274. The molecule has 0 radical (unpaired) electrons. The molecule has 2 aromatic heterocycles. The molecule has 1 amide bonds. The van der Waals surface area contributed by atoms with E-state index in [-0.39, 0.29) is 11.5 Å². The Balaban J connectivity index is 1.33. The third-order valence-corrected chi connectivity index (χ3v) is 6.68. The molecule has 0 unspecified atom stereocenters. The van der Waals surface area contributed by atoms with E-state index in [2.05, 4.69) is 49.1 Å². The molecule has 10 nitrogen and oxygen atoms in total. The number of aliphatic hydroxyl groups is 1. The number of piperazine rings is 1. The van der Waals surface area contributed by atoms with Gasteiger partial charge in [-0.05, 0) is 61.9 Å². The van der Waals surface area contributed by atoms with E-state index in [1.165, 1.54) is 12.1 Å². The van der Waals surface area contributed by atoms with Crippen LogP contribution in [0.4, 0.5) is 23.0 Å². The first-order chi connectivity index (χ1) is 19.2. The van der Waals surface area contributed by atoms with Crippen molar-refractivity contribution in [3.05, 3.63) is 83.8 Å². The molecule has 2 aromatic carbocycles. The van der Waals surface area contributed by atoms with Gasteiger partial charge in [0.05, 0.1) is 17.3 Å². The molecule has 40 heavy (non-hydrogen) atoms. The zero-order valence-electron chi connectivity index (χ0n) is 22.6. The van der Waals surface area contributed by atoms with Crippen molar-refractivity contribution in [2.45, 2.75) is 19.4 Å². The summed E-state index contributed by atoms with van der Waals surface area (Å²) in [5.41, 5.74) is 4.03. The Morgan fingerprint density at radius 1 is 1.10 bits per heavy atom. The van der Waals surface area contributed by atoms with Crippen molar-refractivity contribution in [1.82, 2.24) is 19.9 Å². The minimum atomic E-state index is -0.691. The fourth-order valence-electron chi connectivity index (χ4n) is 4.88. The van der Waals surface area contributed by atoms with Crippen LogP contribution in [-0.2, 0) is 4.79 Å². The van der Waals surface area contributed by atoms with Crippen LogP contribution in [-0.4, -0.2) is 69.2 Å². The Hall–Kier alpha value is -4.54. The summed E-state index contributed by atoms with van der Waals surface area (Å²) in [5, 5.41) is 16.1. The van der Waals surface area contributed by atoms with Crippen molar-refractivity contribution in [3.63, 3.8) is 0 Å². The van der Waals surface area contributed by atoms with E-state index < -0.39 is 5.60 Å². The van der Waals surface area contributed by atoms with Crippen LogP contribution in [0.25, 0.3) is 22.2 Å². The molecule has 0 atom stereocenters. The third kappa shape index (κ3) is 6.53. The molecule has 0 aliphatic carbocycles. The highest BCUT2D eigenvalue weighted by molar-refractivity contribution is 6.00. The first kappa shape index (κ1) is 27.0. The fourth-order valence-corrected chi connectivity index (χ4v) is 4.88. The summed E-state index contributed by atoms with van der Waals surface area (Å²) in [6.45, 7) is 11.4. The average molecular weight is 540 g/mol. The number of nitrogens with one attached hydrogen (secondary N) is 3. The number of fused-ring (bicyclic) bond motifs is 1. The second-order valence-corrected chi connectivity index (χ2v) is 10.5. The molecule has 1 aliphatic rings. The highest BCUT2D eigenvalue weighted by Gasteiger charge is 2.23. The van der Waals surface area contributed by atoms with Crippen LogP contribution in [0.2, 0.25) is 0 Å². The number of pyridine rings is 1. The van der Waals surface area contributed by atoms with Gasteiger partial charge in [0.2, 0.25) is 17.4 Å². The van der Waals surface area contributed by atoms with Crippen LogP contribution in [0, 0.1) is 0 Å². The van der Waals surface area contributed by atoms with Crippen LogP contribution < -0.4 is 21.1 Å². The van der Waals surface area contributed by atoms with Gasteiger partial charge in [0.25, 0.3) is 0 Å². The molecule has 5 rings (SSSR count). The third-order valence-electron chi connectivity index (χ3n) is 6.68. The molecule has 4 aromatic rings. The van der Waals surface area contributed by atoms with E-state index in [4.69, 9.17) is 4.98 Å². The molecule has 3 heterocycles. The van der Waals surface area contributed by atoms with Crippen molar-refractivity contribution in [3.8, 4) is 11.1 Å². The van der Waals surface area contributed by atoms with Gasteiger partial charge in [-0.2, -0.15) is 0 Å². The lowest BCUT2D eigenvalue weighted by molar-refractivity contribution is -0.111. The molecule has 206 valence electrons. The predicted octanol–water partition coefficient (Wildman–Crippen LogP) is 3.75. The molecule has 0 spiro atoms. The monoisotopic (exact) mass is 539 g/mol. The molecule has 10 heteroatoms. The van der Waals surface area contributed by atoms with Gasteiger partial charge < -0.3 is 25.6 Å². The molecule has 1 aliphatic heterocycles. The Labute approximate surface area is 232 Å². The fraction of sp³-hybridized carbons (Fsp3) is 0.267. The number of β-amino-alcohol motifs (C(OH)–C–C–N with tert-alkyl or cyclic N) is 1. The van der Waals surface area contributed by atoms with Gasteiger partial charge in [-0.25, -0.2) is 9.97 Å². The normalized spacial score (nSPS) is 14.2. The van der Waals surface area contributed by atoms with Crippen molar-refractivity contribution < 1.29 is 9.90 Å². The molecule has 0 bridgehead atoms. The standard InChI is InChI=1S/C30H33N7O3/c1-4-26(38)32-22-7-5-6-20(16-22)24-17-27(39)34-25-18-31-29(35-28(24)25)33-21-8-10-23(11-9-21)37-14-12-36(13-15-37)19-30(2,3)40/h4-11,16-18,40H,1,12-15,19H2,2-3H3,(H,32,38)(H,34,39)(H,31,33,35). The van der Waals surface area contributed by atoms with Gasteiger partial charge >= 0.3 is 0 Å². The zero-order chi connectivity index (χ0) is 28.3. The largest absolute Gasteiger partial charge is 0.389 e. The van der Waals surface area contributed by atoms with Crippen molar-refractivity contribution >= 4 is 40.0 Å². The van der Waals surface area contributed by atoms with E-state index in [9.17, 15) is 14.7 Å². The number of hydrogen-bond acceptors (Lipinski definition) is 8. The van der Waals surface area contributed by atoms with Gasteiger partial charge in [0.15, 0.2) is 0 Å². The Bertz CT molecular complexity index is 1580. The summed E-state index contributed by atoms with van der Waals surface area (Å²) >= 11 is 0. The van der Waals surface area contributed by atoms with Gasteiger partial charge in [-0.3, -0.25) is 14.5 Å². The van der Waals surface area contributed by atoms with Crippen LogP contribution >= 0.6 is 0 Å². The number of aromatic nitrogens is 3. The van der Waals surface area contributed by atoms with Crippen LogP contribution in [0.3, 0.4) is 0 Å². The number of carbonyl (C=O) groups is 1. The summed E-state index contributed by atoms with van der Waals surface area (Å²) in [6, 6.07) is 16.8. The van der Waals surface area contributed by atoms with E-state index in [1.54, 1.807) is 24.4 Å². The molecular formula is C30H33N7O3. The van der Waals surface area contributed by atoms with Crippen molar-refractivity contribution in [1.29, 1.82) is 0 Å². The molecule has 1 fully saturated rings. The highest BCUT2D eigenvalue weighted by Crippen LogP contribution is 2.28. The SMILES string of the molecule is C=CC(=O)Nc1cccc(-c2cc(=O)[nH]c3cnc(Nc4ccc(N5CCN(CC(C)(C)O)CC5)cc4)nc23)c1. The number of anilines is 4. The number of benzene rings is 2. The minimum Gasteiger partial charge on any atom is -0.389 e. The van der Waals surface area contributed by atoms with Crippen LogP contribution in [0.1, 0.15) is 13.8 Å². The maximum Gasteiger partial charge on any atom is 0.249 e. The smallest absolute Gasteiger partial charge is 0.249 e. The van der Waals surface area contributed by atoms with Gasteiger partial charge in [0, 0.05) is 61.4 Å². The van der Waals surface area contributed by atoms with E-state index in [1.807, 2.05) is 32.0 Å². The number of rotatable bonds is 8. The number of carbonyl (C=O) groups excluding carboxylic acids is 1. The first-order valence-corrected chi connectivity index (χ1v) is 13.2. The Kier molecular flexibility index (Phi) is 7.63. The number of aromatic amines is 1. The number of hydrogen-bond donors (Lipinski definition) is 4. The Morgan fingerprint density at radius 2 is 1.85 bits per heavy atom. The maximum atomic E-state index is 12.4. The first-order valence-electron chi connectivity index (χ1n) is 13.2. The van der Waals surface area contributed by atoms with Gasteiger partial charge in [-0.15, -0.1) is 0 Å². The molecule has 0 saturated carbocycles. The topological polar surface area (TPSA) is 126 Å². The number of amides is 1. The van der Waals surface area contributed by atoms with Crippen molar-refractivity contribution in [2.75, 3.05) is 48.3 Å². The highest BCUT2D eigenvalue weighted by atomic mass is 16.3. The summed E-state index contributed by atoms with van der Waals surface area (Å²) in [6.07, 6.45) is 2.78.